The van der Waals surface area contributed by atoms with E-state index in [9.17, 15) is 57.5 Å². The molecule has 0 saturated heterocycles. The lowest BCUT2D eigenvalue weighted by Gasteiger charge is -2.70. The molecule has 0 aromatic rings. The standard InChI is InChI=1S/C49H92N24O20/c1-41(2,3)90-37(86)58-21-33(82)70-46(62-25(74)13-50,63-26(75)14-51)45(47(64-27(76)15-52,65-28(77)16-53)71-34(83)22-59-38(87)91-42(4,5)6,48(66-29(78)17-54,67-30(79)18-55)72-35(84)23-60-39(88)92-43(7,8)9)49(68-31(80)19-56,69-32(81)20-57)73-36(85)24-61-40(89)93-44(10,11)12/h13-24,50-57H2,1-12H3,(H,58,86)(H,59,87)(H,60,88)(H,61,89)(H,62,74)(H,63,75)(H,64,76)(H,65,77)(H,66,78)(H,67,79)(H,68,80)(H,69,81)(H,70,82)(H,71,83)(H,72,84)(H,73,85). The second-order valence-corrected chi connectivity index (χ2v) is 23.4. The maximum absolute atomic E-state index is 15.5. The zero-order chi connectivity index (χ0) is 72.4. The Kier molecular flexibility index (Phi) is 31.6. The molecular weight excluding hydrogens is 1240 g/mol. The Balaban J connectivity index is 12.3. The molecule has 0 rings (SSSR count). The number of hydrogen-bond acceptors (Lipinski definition) is 28. The van der Waals surface area contributed by atoms with E-state index in [0.717, 1.165) is 0 Å². The fourth-order valence-corrected chi connectivity index (χ4v) is 8.15. The predicted octanol–water partition coefficient (Wildman–Crippen LogP) is -12.2. The van der Waals surface area contributed by atoms with Gasteiger partial charge in [0.25, 0.3) is 0 Å². The van der Waals surface area contributed by atoms with Crippen molar-refractivity contribution in [2.45, 2.75) is 129 Å². The van der Waals surface area contributed by atoms with Gasteiger partial charge in [-0.25, -0.2) is 19.2 Å². The van der Waals surface area contributed by atoms with Crippen molar-refractivity contribution < 1.29 is 95.7 Å². The van der Waals surface area contributed by atoms with Crippen LogP contribution in [0, 0.1) is 5.41 Å². The summed E-state index contributed by atoms with van der Waals surface area (Å²) in [5.41, 5.74) is 37.4. The van der Waals surface area contributed by atoms with E-state index in [0.29, 0.717) is 0 Å². The van der Waals surface area contributed by atoms with Crippen LogP contribution in [-0.4, -0.2) is 219 Å². The Hall–Kier alpha value is -9.60. The Morgan fingerprint density at radius 3 is 0.452 bits per heavy atom. The van der Waals surface area contributed by atoms with E-state index in [2.05, 4.69) is 0 Å². The number of hydrogen-bond donors (Lipinski definition) is 24. The van der Waals surface area contributed by atoms with E-state index in [1.807, 2.05) is 85.1 Å². The maximum Gasteiger partial charge on any atom is 0.408 e. The zero-order valence-electron chi connectivity index (χ0n) is 53.8. The van der Waals surface area contributed by atoms with Gasteiger partial charge in [0.2, 0.25) is 99.4 Å². The highest BCUT2D eigenvalue weighted by Gasteiger charge is 2.87. The van der Waals surface area contributed by atoms with Gasteiger partial charge in [-0.2, -0.15) is 0 Å². The van der Waals surface area contributed by atoms with Gasteiger partial charge in [-0.3, -0.25) is 57.5 Å². The summed E-state index contributed by atoms with van der Waals surface area (Å²) in [6, 6.07) is 0. The molecule has 0 spiro atoms. The average Bonchev–Trinajstić information content (AvgIpc) is 0.657. The molecule has 93 heavy (non-hydrogen) atoms. The first-order valence-corrected chi connectivity index (χ1v) is 27.8. The first-order valence-electron chi connectivity index (χ1n) is 27.8. The van der Waals surface area contributed by atoms with Gasteiger partial charge in [0.1, 0.15) is 48.6 Å². The monoisotopic (exact) mass is 1340 g/mol. The summed E-state index contributed by atoms with van der Waals surface area (Å²) >= 11 is 0. The number of ether oxygens (including phenoxy) is 4. The van der Waals surface area contributed by atoms with Gasteiger partial charge in [0.15, 0.2) is 0 Å². The normalized spacial score (nSPS) is 12.0. The predicted molar refractivity (Wildman–Crippen MR) is 320 cm³/mol. The third kappa shape index (κ3) is 26.3. The van der Waals surface area contributed by atoms with E-state index >= 15 is 19.2 Å². The summed E-state index contributed by atoms with van der Waals surface area (Å²) in [7, 11) is 0. The van der Waals surface area contributed by atoms with Gasteiger partial charge in [-0.05, 0) is 83.1 Å². The molecule has 0 unspecified atom stereocenters. The smallest absolute Gasteiger partial charge is 0.408 e. The number of carbonyl (C=O) groups is 16. The Bertz CT molecular complexity index is 2320. The van der Waals surface area contributed by atoms with Crippen molar-refractivity contribution in [2.24, 2.45) is 51.3 Å². The first kappa shape index (κ1) is 83.4. The van der Waals surface area contributed by atoms with Crippen molar-refractivity contribution in [3.05, 3.63) is 0 Å². The van der Waals surface area contributed by atoms with Gasteiger partial charge < -0.3 is 150 Å². The number of amides is 16. The molecule has 0 aliphatic carbocycles. The molecule has 0 saturated carbocycles. The third-order valence-electron chi connectivity index (χ3n) is 10.8. The van der Waals surface area contributed by atoms with Crippen molar-refractivity contribution >= 4 is 95.3 Å². The van der Waals surface area contributed by atoms with Crippen LogP contribution in [-0.2, 0) is 76.5 Å². The summed E-state index contributed by atoms with van der Waals surface area (Å²) in [5.74, 6) is -40.6. The summed E-state index contributed by atoms with van der Waals surface area (Å²) in [6.07, 6.45) is -5.81. The second-order valence-electron chi connectivity index (χ2n) is 23.4. The Morgan fingerprint density at radius 2 is 0.344 bits per heavy atom. The molecule has 0 aromatic carbocycles. The summed E-state index contributed by atoms with van der Waals surface area (Å²) in [6.45, 7) is -1.64. The molecule has 32 N–H and O–H groups in total. The zero-order valence-corrected chi connectivity index (χ0v) is 53.8. The van der Waals surface area contributed by atoms with Crippen LogP contribution in [0.15, 0.2) is 0 Å². The fraction of sp³-hybridized carbons (Fsp3) is 0.673. The van der Waals surface area contributed by atoms with Crippen molar-refractivity contribution in [3.8, 4) is 0 Å². The molecule has 44 nitrogen and oxygen atoms in total. The molecule has 44 heteroatoms. The summed E-state index contributed by atoms with van der Waals surface area (Å²) < 4.78 is 21.0. The van der Waals surface area contributed by atoms with Gasteiger partial charge >= 0.3 is 24.4 Å². The van der Waals surface area contributed by atoms with Crippen LogP contribution in [0.4, 0.5) is 19.2 Å². The topological polar surface area (TPSA) is 711 Å². The van der Waals surface area contributed by atoms with Crippen LogP contribution in [0.1, 0.15) is 83.1 Å². The third-order valence-corrected chi connectivity index (χ3v) is 10.8. The first-order chi connectivity index (χ1) is 42.6. The Labute approximate surface area is 533 Å². The lowest BCUT2D eigenvalue weighted by Crippen LogP contribution is -3.07. The van der Waals surface area contributed by atoms with Crippen LogP contribution in [0.2, 0.25) is 0 Å². The van der Waals surface area contributed by atoms with Crippen molar-refractivity contribution in [1.29, 1.82) is 0 Å². The quantitative estimate of drug-likeness (QED) is 0.0220. The van der Waals surface area contributed by atoms with Crippen LogP contribution in [0.5, 0.6) is 0 Å². The van der Waals surface area contributed by atoms with E-state index in [-0.39, 0.29) is 0 Å². The maximum atomic E-state index is 15.5. The lowest BCUT2D eigenvalue weighted by molar-refractivity contribution is -0.230. The summed E-state index contributed by atoms with van der Waals surface area (Å²) in [4.78, 5) is 235. The van der Waals surface area contributed by atoms with Gasteiger partial charge in [-0.1, -0.05) is 0 Å². The van der Waals surface area contributed by atoms with Crippen LogP contribution in [0.3, 0.4) is 0 Å². The minimum atomic E-state index is -4.98. The number of carbonyl (C=O) groups excluding carboxylic acids is 16. The molecule has 528 valence electrons. The van der Waals surface area contributed by atoms with Gasteiger partial charge in [0.05, 0.1) is 52.4 Å². The molecule has 0 heterocycles. The minimum Gasteiger partial charge on any atom is -0.444 e. The number of nitrogens with one attached hydrogen (secondary N) is 16. The van der Waals surface area contributed by atoms with Crippen molar-refractivity contribution in [2.75, 3.05) is 78.5 Å². The number of alkyl carbamates (subject to hydrolysis) is 4. The Morgan fingerprint density at radius 1 is 0.226 bits per heavy atom. The summed E-state index contributed by atoms with van der Waals surface area (Å²) in [5, 5.41) is 32.2. The van der Waals surface area contributed by atoms with E-state index in [1.54, 1.807) is 0 Å². The molecule has 16 amide bonds. The molecule has 0 atom stereocenters. The SMILES string of the molecule is CC(C)(C)OC(=O)NCC(=O)NC(NC(=O)CN)(NC(=O)CN)C(C(NC(=O)CN)(NC(=O)CN)NC(=O)CNC(=O)OC(C)(C)C)(C(NC(=O)CN)(NC(=O)CN)NC(=O)CNC(=O)OC(C)(C)C)C(NC(=O)CN)(NC(=O)CN)NC(=O)CNC(=O)OC(C)(C)C. The van der Waals surface area contributed by atoms with Gasteiger partial charge in [-0.15, -0.1) is 0 Å². The number of nitrogens with two attached hydrogens (primary N) is 8. The molecule has 0 fully saturated rings. The van der Waals surface area contributed by atoms with Crippen LogP contribution in [0.25, 0.3) is 0 Å². The van der Waals surface area contributed by atoms with E-state index in [1.165, 1.54) is 83.1 Å². The highest BCUT2D eigenvalue weighted by molar-refractivity contribution is 5.95. The van der Waals surface area contributed by atoms with Crippen molar-refractivity contribution in [3.63, 3.8) is 0 Å². The molecule has 0 bridgehead atoms. The molecule has 0 radical (unpaired) electrons. The van der Waals surface area contributed by atoms with E-state index in [4.69, 9.17) is 64.8 Å². The largest absolute Gasteiger partial charge is 0.444 e. The molecule has 0 aliphatic heterocycles. The lowest BCUT2D eigenvalue weighted by atomic mass is 9.59. The van der Waals surface area contributed by atoms with E-state index < -0.39 is 225 Å². The highest BCUT2D eigenvalue weighted by Crippen LogP contribution is 2.51. The van der Waals surface area contributed by atoms with Crippen LogP contribution >= 0.6 is 0 Å². The van der Waals surface area contributed by atoms with Crippen molar-refractivity contribution in [1.82, 2.24) is 85.1 Å². The highest BCUT2D eigenvalue weighted by atomic mass is 16.6. The molecular formula is C49H92N24O20. The van der Waals surface area contributed by atoms with Gasteiger partial charge in [0, 0.05) is 0 Å². The average molecular weight is 1340 g/mol. The van der Waals surface area contributed by atoms with Crippen LogP contribution < -0.4 is 131 Å². The fourth-order valence-electron chi connectivity index (χ4n) is 8.15. The molecule has 0 aromatic heterocycles. The minimum absolute atomic E-state index is 1.36. The second kappa shape index (κ2) is 35.3. The molecule has 0 aliphatic rings. The number of rotatable bonds is 32.